The molecule has 0 saturated carbocycles. The molecule has 11 nitrogen and oxygen atoms in total. The third kappa shape index (κ3) is 4.47. The number of hydrogen-bond donors (Lipinski definition) is 2. The Morgan fingerprint density at radius 1 is 1.11 bits per heavy atom. The van der Waals surface area contributed by atoms with E-state index in [2.05, 4.69) is 35.2 Å². The molecule has 0 amide bonds. The molecule has 46 heavy (non-hydrogen) atoms. The van der Waals surface area contributed by atoms with Crippen molar-refractivity contribution in [2.45, 2.75) is 55.5 Å². The van der Waals surface area contributed by atoms with Gasteiger partial charge in [0.15, 0.2) is 5.82 Å². The van der Waals surface area contributed by atoms with Gasteiger partial charge in [0.1, 0.15) is 48.2 Å². The zero-order valence-electron chi connectivity index (χ0n) is 25.1. The summed E-state index contributed by atoms with van der Waals surface area (Å²) in [6, 6.07) is 11.1. The number of hydrogen-bond acceptors (Lipinski definition) is 10. The zero-order valence-corrected chi connectivity index (χ0v) is 25.1. The number of piperazine rings is 1. The summed E-state index contributed by atoms with van der Waals surface area (Å²) in [6.45, 7) is 2.73. The predicted molar refractivity (Wildman–Crippen MR) is 167 cm³/mol. The number of alkyl halides is 1. The van der Waals surface area contributed by atoms with E-state index in [1.54, 1.807) is 24.9 Å². The molecular weight excluding hydrogens is 592 g/mol. The minimum atomic E-state index is -0.894. The van der Waals surface area contributed by atoms with Gasteiger partial charge in [0.2, 0.25) is 0 Å². The SMILES string of the molecule is Oc1cc(-c2ncc3c(N4CC5C[C@@H](n6cncn6)C(C4)N5)nc(OCC45CCCN4CC(F)C5)nc3c2F)c2ccccc2c1. The highest BCUT2D eigenvalue weighted by atomic mass is 19.1. The molecule has 0 aliphatic carbocycles. The second kappa shape index (κ2) is 10.5. The first kappa shape index (κ1) is 27.8. The molecule has 13 heteroatoms. The number of ether oxygens (including phenoxy) is 1. The lowest BCUT2D eigenvalue weighted by atomic mass is 9.95. The van der Waals surface area contributed by atoms with E-state index in [1.807, 2.05) is 28.9 Å². The third-order valence-electron chi connectivity index (χ3n) is 10.4. The van der Waals surface area contributed by atoms with Gasteiger partial charge in [0.25, 0.3) is 0 Å². The van der Waals surface area contributed by atoms with Gasteiger partial charge in [-0.3, -0.25) is 9.88 Å². The Morgan fingerprint density at radius 2 is 2.02 bits per heavy atom. The van der Waals surface area contributed by atoms with Gasteiger partial charge in [-0.05, 0) is 48.7 Å². The Kier molecular flexibility index (Phi) is 6.36. The lowest BCUT2D eigenvalue weighted by Gasteiger charge is -2.35. The standard InChI is InChI=1S/C33H33F2N9O2/c34-20-11-33(6-3-7-43(33)13-20)16-46-32-40-30-25(12-37-29(28(30)35)24-10-22(45)8-19-4-1-2-5-23(19)24)31(41-32)42-14-21-9-27(26(15-42)39-21)44-18-36-17-38-44/h1-2,4-5,8,10,12,17-18,20-21,26-27,39,45H,3,6-7,9,11,13-16H2/t20?,21?,26?,27-,33?/m1/s1. The van der Waals surface area contributed by atoms with Gasteiger partial charge in [-0.1, -0.05) is 24.3 Å². The number of nitrogens with zero attached hydrogens (tertiary/aromatic N) is 8. The van der Waals surface area contributed by atoms with Crippen LogP contribution < -0.4 is 15.0 Å². The van der Waals surface area contributed by atoms with Gasteiger partial charge in [-0.2, -0.15) is 15.1 Å². The second-order valence-electron chi connectivity index (χ2n) is 13.1. The number of aromatic nitrogens is 6. The number of phenolic OH excluding ortho intramolecular Hbond substituents is 1. The molecule has 7 heterocycles. The quantitative estimate of drug-likeness (QED) is 0.287. The van der Waals surface area contributed by atoms with Crippen LogP contribution >= 0.6 is 0 Å². The Hall–Kier alpha value is -4.49. The number of halogens is 2. The van der Waals surface area contributed by atoms with Crippen molar-refractivity contribution in [1.82, 2.24) is 39.9 Å². The van der Waals surface area contributed by atoms with Crippen LogP contribution in [0.15, 0.2) is 55.2 Å². The Labute approximate surface area is 263 Å². The summed E-state index contributed by atoms with van der Waals surface area (Å²) < 4.78 is 39.5. The molecule has 5 aromatic rings. The molecule has 2 N–H and O–H groups in total. The van der Waals surface area contributed by atoms with Gasteiger partial charge in [-0.15, -0.1) is 0 Å². The third-order valence-corrected chi connectivity index (χ3v) is 10.4. The van der Waals surface area contributed by atoms with Crippen molar-refractivity contribution in [2.75, 3.05) is 37.7 Å². The van der Waals surface area contributed by atoms with Crippen molar-refractivity contribution in [3.05, 3.63) is 61.1 Å². The summed E-state index contributed by atoms with van der Waals surface area (Å²) in [6.07, 6.45) is 7.12. The van der Waals surface area contributed by atoms with Crippen molar-refractivity contribution >= 4 is 27.5 Å². The van der Waals surface area contributed by atoms with Gasteiger partial charge < -0.3 is 20.1 Å². The molecular formula is C33H33F2N9O2. The zero-order chi connectivity index (χ0) is 31.0. The maximum atomic E-state index is 16.8. The largest absolute Gasteiger partial charge is 0.508 e. The molecule has 4 aliphatic rings. The molecule has 4 unspecified atom stereocenters. The van der Waals surface area contributed by atoms with Crippen molar-refractivity contribution in [3.8, 4) is 23.0 Å². The van der Waals surface area contributed by atoms with Crippen LogP contribution in [-0.4, -0.2) is 96.3 Å². The molecule has 4 saturated heterocycles. The summed E-state index contributed by atoms with van der Waals surface area (Å²) in [5.74, 6) is -0.0561. The number of nitrogens with one attached hydrogen (secondary N) is 1. The number of pyridine rings is 1. The van der Waals surface area contributed by atoms with Crippen LogP contribution in [0.25, 0.3) is 32.9 Å². The lowest BCUT2D eigenvalue weighted by molar-refractivity contribution is 0.107. The van der Waals surface area contributed by atoms with Gasteiger partial charge in [-0.25, -0.2) is 18.4 Å². The fourth-order valence-electron chi connectivity index (χ4n) is 8.32. The van der Waals surface area contributed by atoms with Crippen LogP contribution in [0.4, 0.5) is 14.6 Å². The van der Waals surface area contributed by atoms with Crippen LogP contribution in [0, 0.1) is 5.82 Å². The van der Waals surface area contributed by atoms with E-state index in [4.69, 9.17) is 9.72 Å². The minimum absolute atomic E-state index is 0.0173. The topological polar surface area (TPSA) is 117 Å². The van der Waals surface area contributed by atoms with Crippen molar-refractivity contribution in [3.63, 3.8) is 0 Å². The van der Waals surface area contributed by atoms with Crippen LogP contribution in [0.1, 0.15) is 31.7 Å². The molecule has 0 spiro atoms. The van der Waals surface area contributed by atoms with E-state index in [9.17, 15) is 9.50 Å². The van der Waals surface area contributed by atoms with E-state index < -0.39 is 17.5 Å². The van der Waals surface area contributed by atoms with Crippen molar-refractivity contribution < 1.29 is 18.6 Å². The van der Waals surface area contributed by atoms with E-state index in [-0.39, 0.29) is 47.7 Å². The fraction of sp³-hybridized carbons (Fsp3) is 0.424. The number of phenols is 1. The molecule has 4 aliphatic heterocycles. The van der Waals surface area contributed by atoms with Gasteiger partial charge >= 0.3 is 6.01 Å². The maximum Gasteiger partial charge on any atom is 0.319 e. The molecule has 2 aromatic carbocycles. The van der Waals surface area contributed by atoms with Gasteiger partial charge in [0, 0.05) is 49.9 Å². The fourth-order valence-corrected chi connectivity index (χ4v) is 8.32. The second-order valence-corrected chi connectivity index (χ2v) is 13.1. The normalized spacial score (nSPS) is 27.6. The summed E-state index contributed by atoms with van der Waals surface area (Å²) in [7, 11) is 0. The van der Waals surface area contributed by atoms with Gasteiger partial charge in [0.05, 0.1) is 17.0 Å². The molecule has 3 aromatic heterocycles. The average Bonchev–Trinajstić information content (AvgIpc) is 3.84. The molecule has 5 atom stereocenters. The first-order valence-electron chi connectivity index (χ1n) is 15.9. The van der Waals surface area contributed by atoms with Crippen LogP contribution in [0.3, 0.4) is 0 Å². The summed E-state index contributed by atoms with van der Waals surface area (Å²) in [5, 5.41) is 20.6. The highest BCUT2D eigenvalue weighted by Gasteiger charge is 2.49. The van der Waals surface area contributed by atoms with Crippen molar-refractivity contribution in [2.24, 2.45) is 0 Å². The first-order chi connectivity index (χ1) is 22.4. The molecule has 0 radical (unpaired) electrons. The number of benzene rings is 2. The number of aromatic hydroxyl groups is 1. The number of fused-ring (bicyclic) bond motifs is 5. The summed E-state index contributed by atoms with van der Waals surface area (Å²) in [5.41, 5.74) is 0.235. The average molecular weight is 626 g/mol. The summed E-state index contributed by atoms with van der Waals surface area (Å²) >= 11 is 0. The molecule has 236 valence electrons. The summed E-state index contributed by atoms with van der Waals surface area (Å²) in [4.78, 5) is 22.6. The van der Waals surface area contributed by atoms with Crippen molar-refractivity contribution in [1.29, 1.82) is 0 Å². The number of anilines is 1. The minimum Gasteiger partial charge on any atom is -0.508 e. The van der Waals surface area contributed by atoms with Crippen LogP contribution in [-0.2, 0) is 0 Å². The lowest BCUT2D eigenvalue weighted by Crippen LogP contribution is -2.52. The molecule has 4 fully saturated rings. The van der Waals surface area contributed by atoms with E-state index >= 15 is 4.39 Å². The highest BCUT2D eigenvalue weighted by molar-refractivity contribution is 5.99. The Balaban J connectivity index is 1.14. The number of rotatable bonds is 6. The van der Waals surface area contributed by atoms with Crippen LogP contribution in [0.5, 0.6) is 11.8 Å². The smallest absolute Gasteiger partial charge is 0.319 e. The maximum absolute atomic E-state index is 16.8. The first-order valence-corrected chi connectivity index (χ1v) is 15.9. The highest BCUT2D eigenvalue weighted by Crippen LogP contribution is 2.42. The van der Waals surface area contributed by atoms with E-state index in [1.165, 1.54) is 6.07 Å². The molecule has 2 bridgehead atoms. The monoisotopic (exact) mass is 625 g/mol. The van der Waals surface area contributed by atoms with E-state index in [0.717, 1.165) is 36.6 Å². The molecule has 9 rings (SSSR count). The van der Waals surface area contributed by atoms with E-state index in [0.29, 0.717) is 42.8 Å². The van der Waals surface area contributed by atoms with Crippen LogP contribution in [0.2, 0.25) is 0 Å². The Morgan fingerprint density at radius 3 is 2.91 bits per heavy atom. The Bertz CT molecular complexity index is 1960. The predicted octanol–water partition coefficient (Wildman–Crippen LogP) is 4.03.